The molecular weight excluding hydrogens is 467 g/mol. The van der Waals surface area contributed by atoms with Gasteiger partial charge in [-0.15, -0.1) is 0 Å². The molecule has 174 valence electrons. The number of nitrogens with zero attached hydrogens (tertiary/aromatic N) is 2. The van der Waals surface area contributed by atoms with Crippen molar-refractivity contribution in [1.82, 2.24) is 20.8 Å². The minimum Gasteiger partial charge on any atom is -0.482 e. The molecule has 10 heteroatoms. The van der Waals surface area contributed by atoms with Crippen LogP contribution >= 0.6 is 23.2 Å². The topological polar surface area (TPSA) is 106 Å². The molecule has 0 fully saturated rings. The van der Waals surface area contributed by atoms with Crippen molar-refractivity contribution in [3.63, 3.8) is 0 Å². The molecule has 8 nitrogen and oxygen atoms in total. The van der Waals surface area contributed by atoms with E-state index in [1.165, 1.54) is 11.6 Å². The summed E-state index contributed by atoms with van der Waals surface area (Å²) in [7, 11) is 0. The van der Waals surface area contributed by atoms with Gasteiger partial charge in [0.1, 0.15) is 5.75 Å². The molecule has 0 unspecified atom stereocenters. The van der Waals surface area contributed by atoms with E-state index in [1.54, 1.807) is 12.1 Å². The molecule has 3 aromatic rings. The Kier molecular flexibility index (Phi) is 7.94. The van der Waals surface area contributed by atoms with Gasteiger partial charge in [-0.1, -0.05) is 73.4 Å². The van der Waals surface area contributed by atoms with Gasteiger partial charge in [0, 0.05) is 23.7 Å². The van der Waals surface area contributed by atoms with Crippen molar-refractivity contribution >= 4 is 35.0 Å². The normalized spacial score (nSPS) is 11.2. The Morgan fingerprint density at radius 1 is 1.03 bits per heavy atom. The first-order chi connectivity index (χ1) is 15.6. The summed E-state index contributed by atoms with van der Waals surface area (Å²) < 4.78 is 10.4. The Morgan fingerprint density at radius 2 is 1.73 bits per heavy atom. The Labute approximate surface area is 201 Å². The first-order valence-electron chi connectivity index (χ1n) is 10.2. The standard InChI is InChI=1S/C23H24Cl2N4O4/c1-23(2,3)15-6-4-14(5-7-15)20-28-22(33-29-20)21(31)27-11-10-26-19(30)13-32-18-9-8-16(24)12-17(18)25/h4-9,12H,10-11,13H2,1-3H3,(H,26,30)(H,27,31). The van der Waals surface area contributed by atoms with Gasteiger partial charge in [-0.05, 0) is 29.2 Å². The Morgan fingerprint density at radius 3 is 2.39 bits per heavy atom. The predicted molar refractivity (Wildman–Crippen MR) is 126 cm³/mol. The van der Waals surface area contributed by atoms with Crippen LogP contribution in [0.1, 0.15) is 37.0 Å². The van der Waals surface area contributed by atoms with E-state index in [0.717, 1.165) is 5.56 Å². The van der Waals surface area contributed by atoms with Gasteiger partial charge in [0.05, 0.1) is 5.02 Å². The van der Waals surface area contributed by atoms with E-state index in [0.29, 0.717) is 21.6 Å². The number of nitrogens with one attached hydrogen (secondary N) is 2. The summed E-state index contributed by atoms with van der Waals surface area (Å²) >= 11 is 11.8. The van der Waals surface area contributed by atoms with Crippen molar-refractivity contribution in [3.05, 3.63) is 64.0 Å². The highest BCUT2D eigenvalue weighted by atomic mass is 35.5. The molecule has 0 saturated heterocycles. The summed E-state index contributed by atoms with van der Waals surface area (Å²) in [5, 5.41) is 9.89. The van der Waals surface area contributed by atoms with Crippen LogP contribution in [-0.4, -0.2) is 41.7 Å². The molecule has 0 atom stereocenters. The molecular formula is C23H24Cl2N4O4. The molecule has 1 heterocycles. The molecule has 3 rings (SSSR count). The fourth-order valence-corrected chi connectivity index (χ4v) is 3.26. The van der Waals surface area contributed by atoms with E-state index in [9.17, 15) is 9.59 Å². The number of carbonyl (C=O) groups is 2. The van der Waals surface area contributed by atoms with Crippen LogP contribution in [0.2, 0.25) is 10.0 Å². The first kappa shape index (κ1) is 24.5. The zero-order valence-corrected chi connectivity index (χ0v) is 20.0. The number of benzene rings is 2. The third-order valence-corrected chi connectivity index (χ3v) is 5.15. The third-order valence-electron chi connectivity index (χ3n) is 4.61. The Hall–Kier alpha value is -3.10. The first-order valence-corrected chi connectivity index (χ1v) is 11.0. The second-order valence-corrected chi connectivity index (χ2v) is 9.06. The number of halogens is 2. The lowest BCUT2D eigenvalue weighted by Crippen LogP contribution is -2.36. The number of hydrogen-bond acceptors (Lipinski definition) is 6. The number of ether oxygens (including phenoxy) is 1. The third kappa shape index (κ3) is 6.94. The number of rotatable bonds is 8. The molecule has 0 bridgehead atoms. The van der Waals surface area contributed by atoms with Crippen molar-refractivity contribution in [2.24, 2.45) is 0 Å². The smallest absolute Gasteiger partial charge is 0.316 e. The van der Waals surface area contributed by atoms with Gasteiger partial charge in [-0.2, -0.15) is 4.98 Å². The van der Waals surface area contributed by atoms with Gasteiger partial charge < -0.3 is 19.9 Å². The van der Waals surface area contributed by atoms with Gasteiger partial charge in [0.25, 0.3) is 5.91 Å². The maximum Gasteiger partial charge on any atom is 0.316 e. The zero-order chi connectivity index (χ0) is 24.0. The minimum absolute atomic E-state index is 0.0330. The van der Waals surface area contributed by atoms with Gasteiger partial charge in [-0.25, -0.2) is 0 Å². The highest BCUT2D eigenvalue weighted by molar-refractivity contribution is 6.35. The maximum atomic E-state index is 12.2. The Balaban J connectivity index is 1.42. The molecule has 0 aliphatic heterocycles. The fourth-order valence-electron chi connectivity index (χ4n) is 2.79. The second-order valence-electron chi connectivity index (χ2n) is 8.22. The lowest BCUT2D eigenvalue weighted by atomic mass is 9.87. The fraction of sp³-hybridized carbons (Fsp3) is 0.304. The van der Waals surface area contributed by atoms with Crippen molar-refractivity contribution in [3.8, 4) is 17.1 Å². The van der Waals surface area contributed by atoms with Gasteiger partial charge >= 0.3 is 11.8 Å². The molecule has 0 aliphatic rings. The quantitative estimate of drug-likeness (QED) is 0.456. The van der Waals surface area contributed by atoms with E-state index in [4.69, 9.17) is 32.5 Å². The van der Waals surface area contributed by atoms with Crippen molar-refractivity contribution in [2.75, 3.05) is 19.7 Å². The van der Waals surface area contributed by atoms with Crippen molar-refractivity contribution < 1.29 is 18.8 Å². The average molecular weight is 491 g/mol. The van der Waals surface area contributed by atoms with E-state index in [2.05, 4.69) is 41.5 Å². The lowest BCUT2D eigenvalue weighted by molar-refractivity contribution is -0.123. The van der Waals surface area contributed by atoms with Crippen LogP contribution in [0.15, 0.2) is 47.0 Å². The zero-order valence-electron chi connectivity index (χ0n) is 18.4. The van der Waals surface area contributed by atoms with Gasteiger partial charge in [-0.3, -0.25) is 9.59 Å². The highest BCUT2D eigenvalue weighted by Gasteiger charge is 2.17. The van der Waals surface area contributed by atoms with Gasteiger partial charge in [0.2, 0.25) is 5.82 Å². The summed E-state index contributed by atoms with van der Waals surface area (Å²) in [4.78, 5) is 28.3. The predicted octanol–water partition coefficient (Wildman–Crippen LogP) is 4.27. The highest BCUT2D eigenvalue weighted by Crippen LogP contribution is 2.27. The molecule has 0 aliphatic carbocycles. The van der Waals surface area contributed by atoms with Crippen molar-refractivity contribution in [2.45, 2.75) is 26.2 Å². The molecule has 1 aromatic heterocycles. The van der Waals surface area contributed by atoms with Crippen molar-refractivity contribution in [1.29, 1.82) is 0 Å². The van der Waals surface area contributed by atoms with Gasteiger partial charge in [0.15, 0.2) is 6.61 Å². The van der Waals surface area contributed by atoms with Crippen LogP contribution in [0.25, 0.3) is 11.4 Å². The van der Waals surface area contributed by atoms with Crippen LogP contribution < -0.4 is 15.4 Å². The summed E-state index contributed by atoms with van der Waals surface area (Å²) in [6.07, 6.45) is 0. The number of aromatic nitrogens is 2. The van der Waals surface area contributed by atoms with E-state index in [-0.39, 0.29) is 36.9 Å². The van der Waals surface area contributed by atoms with Crippen LogP contribution in [0.4, 0.5) is 0 Å². The molecule has 2 amide bonds. The summed E-state index contributed by atoms with van der Waals surface area (Å²) in [6, 6.07) is 12.5. The number of hydrogen-bond donors (Lipinski definition) is 2. The van der Waals surface area contributed by atoms with Crippen LogP contribution in [0, 0.1) is 0 Å². The molecule has 0 spiro atoms. The van der Waals surface area contributed by atoms with E-state index in [1.807, 2.05) is 24.3 Å². The summed E-state index contributed by atoms with van der Waals surface area (Å²) in [5.74, 6) is -0.374. The van der Waals surface area contributed by atoms with Crippen LogP contribution in [0.3, 0.4) is 0 Å². The minimum atomic E-state index is -0.529. The van der Waals surface area contributed by atoms with Crippen LogP contribution in [0.5, 0.6) is 5.75 Å². The average Bonchev–Trinajstić information content (AvgIpc) is 3.26. The molecule has 0 saturated carbocycles. The number of amides is 2. The molecule has 33 heavy (non-hydrogen) atoms. The monoisotopic (exact) mass is 490 g/mol. The molecule has 2 N–H and O–H groups in total. The van der Waals surface area contributed by atoms with E-state index >= 15 is 0 Å². The van der Waals surface area contributed by atoms with E-state index < -0.39 is 5.91 Å². The second kappa shape index (κ2) is 10.7. The largest absolute Gasteiger partial charge is 0.482 e. The molecule has 0 radical (unpaired) electrons. The van der Waals surface area contributed by atoms with Crippen LogP contribution in [-0.2, 0) is 10.2 Å². The Bertz CT molecular complexity index is 1120. The lowest BCUT2D eigenvalue weighted by Gasteiger charge is -2.18. The number of carbonyl (C=O) groups excluding carboxylic acids is 2. The SMILES string of the molecule is CC(C)(C)c1ccc(-c2noc(C(=O)NCCNC(=O)COc3ccc(Cl)cc3Cl)n2)cc1. The maximum absolute atomic E-state index is 12.2. The summed E-state index contributed by atoms with van der Waals surface area (Å²) in [6.45, 7) is 6.52. The summed E-state index contributed by atoms with van der Waals surface area (Å²) in [5.41, 5.74) is 1.96. The molecule has 2 aromatic carbocycles.